The lowest BCUT2D eigenvalue weighted by atomic mass is 10.1. The Morgan fingerprint density at radius 2 is 1.69 bits per heavy atom. The van der Waals surface area contributed by atoms with E-state index in [9.17, 15) is 29.7 Å². The summed E-state index contributed by atoms with van der Waals surface area (Å²) in [6.07, 6.45) is 0.273. The van der Waals surface area contributed by atoms with Crippen molar-refractivity contribution in [3.8, 4) is 17.2 Å². The number of halogens is 2. The summed E-state index contributed by atoms with van der Waals surface area (Å²) in [5.41, 5.74) is 5.98. The van der Waals surface area contributed by atoms with E-state index in [4.69, 9.17) is 10.5 Å². The number of carbonyl (C=O) groups is 3. The molecule has 0 saturated heterocycles. The van der Waals surface area contributed by atoms with Crippen molar-refractivity contribution in [1.82, 2.24) is 10.2 Å². The van der Waals surface area contributed by atoms with Gasteiger partial charge in [0, 0.05) is 25.4 Å². The van der Waals surface area contributed by atoms with Crippen LogP contribution in [0.25, 0.3) is 0 Å². The van der Waals surface area contributed by atoms with Gasteiger partial charge in [-0.1, -0.05) is 0 Å². The highest BCUT2D eigenvalue weighted by molar-refractivity contribution is 14.1. The highest BCUT2D eigenvalue weighted by Gasteiger charge is 2.19. The Balaban J connectivity index is 1.98. The molecule has 0 unspecified atom stereocenters. The fraction of sp³-hybridized carbons (Fsp3) is 0.375. The number of ketones is 1. The van der Waals surface area contributed by atoms with E-state index < -0.39 is 17.9 Å². The van der Waals surface area contributed by atoms with Crippen LogP contribution in [-0.4, -0.2) is 76.7 Å². The number of rotatable bonds is 15. The van der Waals surface area contributed by atoms with Crippen LogP contribution in [0.15, 0.2) is 36.4 Å². The number of aromatic hydroxyl groups is 1. The summed E-state index contributed by atoms with van der Waals surface area (Å²) in [5, 5.41) is 31.5. The molecule has 0 aliphatic heterocycles. The lowest BCUT2D eigenvalue weighted by molar-refractivity contribution is -0.135. The van der Waals surface area contributed by atoms with Gasteiger partial charge in [0.1, 0.15) is 11.5 Å². The number of hydrogen-bond donors (Lipinski definition) is 5. The maximum atomic E-state index is 12.6. The van der Waals surface area contributed by atoms with Crippen LogP contribution < -0.4 is 15.8 Å². The van der Waals surface area contributed by atoms with Crippen LogP contribution in [0, 0.1) is 7.14 Å². The zero-order valence-corrected chi connectivity index (χ0v) is 23.8. The van der Waals surface area contributed by atoms with Gasteiger partial charge in [-0.25, -0.2) is 0 Å². The number of phenolic OH excluding ortho intramolecular Hbond substituents is 1. The number of nitrogens with zero attached hydrogens (tertiary/aromatic N) is 1. The van der Waals surface area contributed by atoms with E-state index in [1.165, 1.54) is 4.90 Å². The predicted molar refractivity (Wildman–Crippen MR) is 150 cm³/mol. The van der Waals surface area contributed by atoms with Crippen LogP contribution in [0.2, 0.25) is 0 Å². The molecule has 2 amide bonds. The summed E-state index contributed by atoms with van der Waals surface area (Å²) < 4.78 is 7.68. The number of aliphatic hydroxyl groups is 2. The van der Waals surface area contributed by atoms with Crippen molar-refractivity contribution in [2.24, 2.45) is 5.73 Å². The molecule has 0 bridgehead atoms. The molecule has 0 radical (unpaired) electrons. The Labute approximate surface area is 236 Å². The standard InChI is InChI=1S/C24H29I2N3O7/c25-20-10-15(11-21(26)24(20)36-19-4-1-17(32)2-5-19)9-16(14-31)28-12-23(35)29(7-8-30)13-18(33)3-6-22(27)34/h1-2,4-5,10-11,16,28,30-32H,3,6-9,12-14H2,(H2,27,34)/t16-/m0/s1. The van der Waals surface area contributed by atoms with Gasteiger partial charge in [0.25, 0.3) is 0 Å². The first kappa shape index (κ1) is 30.2. The number of phenols is 1. The SMILES string of the molecule is NC(=O)CCC(=O)CN(CCO)C(=O)CN[C@H](CO)Cc1cc(I)c(Oc2ccc(O)cc2)c(I)c1. The van der Waals surface area contributed by atoms with E-state index in [0.717, 1.165) is 12.7 Å². The van der Waals surface area contributed by atoms with Gasteiger partial charge in [0.2, 0.25) is 11.8 Å². The molecule has 0 fully saturated rings. The summed E-state index contributed by atoms with van der Waals surface area (Å²) in [4.78, 5) is 36.7. The number of hydrogen-bond acceptors (Lipinski definition) is 8. The molecule has 0 spiro atoms. The topological polar surface area (TPSA) is 162 Å². The molecule has 1 atom stereocenters. The van der Waals surface area contributed by atoms with E-state index in [1.54, 1.807) is 24.3 Å². The average Bonchev–Trinajstić information content (AvgIpc) is 2.83. The quantitative estimate of drug-likeness (QED) is 0.173. The van der Waals surface area contributed by atoms with Crippen molar-refractivity contribution in [2.75, 3.05) is 32.8 Å². The van der Waals surface area contributed by atoms with Crippen LogP contribution in [0.3, 0.4) is 0 Å². The molecule has 10 nitrogen and oxygen atoms in total. The lowest BCUT2D eigenvalue weighted by Crippen LogP contribution is -2.46. The number of nitrogens with two attached hydrogens (primary N) is 1. The smallest absolute Gasteiger partial charge is 0.237 e. The summed E-state index contributed by atoms with van der Waals surface area (Å²) in [5.74, 6) is 0.0857. The van der Waals surface area contributed by atoms with Gasteiger partial charge in [-0.3, -0.25) is 14.4 Å². The van der Waals surface area contributed by atoms with E-state index in [2.05, 4.69) is 50.5 Å². The zero-order valence-electron chi connectivity index (χ0n) is 19.5. The van der Waals surface area contributed by atoms with Gasteiger partial charge in [-0.2, -0.15) is 0 Å². The second-order valence-electron chi connectivity index (χ2n) is 7.99. The van der Waals surface area contributed by atoms with Crippen LogP contribution in [-0.2, 0) is 20.8 Å². The van der Waals surface area contributed by atoms with Gasteiger partial charge < -0.3 is 36.0 Å². The van der Waals surface area contributed by atoms with Crippen LogP contribution in [0.1, 0.15) is 18.4 Å². The Bertz CT molecular complexity index is 1030. The van der Waals surface area contributed by atoms with E-state index in [0.29, 0.717) is 17.9 Å². The zero-order chi connectivity index (χ0) is 26.7. The molecule has 36 heavy (non-hydrogen) atoms. The molecule has 196 valence electrons. The Hall–Kier alpha value is -2.01. The average molecular weight is 725 g/mol. The summed E-state index contributed by atoms with van der Waals surface area (Å²) in [7, 11) is 0. The van der Waals surface area contributed by atoms with Crippen LogP contribution >= 0.6 is 45.2 Å². The number of Topliss-reactive ketones (excluding diaryl/α,β-unsaturated/α-hetero) is 1. The molecule has 0 aliphatic rings. The fourth-order valence-corrected chi connectivity index (χ4v) is 5.37. The third-order valence-electron chi connectivity index (χ3n) is 5.10. The number of amides is 2. The fourth-order valence-electron chi connectivity index (χ4n) is 3.26. The second kappa shape index (κ2) is 15.3. The Morgan fingerprint density at radius 1 is 1.06 bits per heavy atom. The third-order valence-corrected chi connectivity index (χ3v) is 6.70. The van der Waals surface area contributed by atoms with E-state index >= 15 is 0 Å². The molecule has 12 heteroatoms. The maximum absolute atomic E-state index is 12.6. The van der Waals surface area contributed by atoms with Crippen molar-refractivity contribution in [1.29, 1.82) is 0 Å². The second-order valence-corrected chi connectivity index (χ2v) is 10.3. The predicted octanol–water partition coefficient (Wildman–Crippen LogP) is 1.54. The minimum atomic E-state index is -0.597. The first-order valence-corrected chi connectivity index (χ1v) is 13.3. The number of nitrogens with one attached hydrogen (secondary N) is 1. The summed E-state index contributed by atoms with van der Waals surface area (Å²) in [6, 6.07) is 9.86. The van der Waals surface area contributed by atoms with Gasteiger partial charge >= 0.3 is 0 Å². The highest BCUT2D eigenvalue weighted by atomic mass is 127. The Kier molecular flexibility index (Phi) is 12.8. The van der Waals surface area contributed by atoms with Gasteiger partial charge in [-0.05, 0) is 93.6 Å². The number of primary amides is 1. The summed E-state index contributed by atoms with van der Waals surface area (Å²) >= 11 is 4.34. The number of ether oxygens (including phenoxy) is 1. The van der Waals surface area contributed by atoms with Crippen molar-refractivity contribution in [3.63, 3.8) is 0 Å². The number of aliphatic hydroxyl groups excluding tert-OH is 2. The third kappa shape index (κ3) is 10.2. The molecule has 2 aromatic rings. The molecular weight excluding hydrogens is 696 g/mol. The molecule has 0 heterocycles. The molecule has 0 saturated carbocycles. The number of carbonyl (C=O) groups excluding carboxylic acids is 3. The van der Waals surface area contributed by atoms with Crippen LogP contribution in [0.5, 0.6) is 17.2 Å². The Morgan fingerprint density at radius 3 is 2.25 bits per heavy atom. The normalized spacial score (nSPS) is 11.7. The van der Waals surface area contributed by atoms with Gasteiger partial charge in [0.05, 0.1) is 33.4 Å². The first-order chi connectivity index (χ1) is 17.1. The van der Waals surface area contributed by atoms with Crippen molar-refractivity contribution in [2.45, 2.75) is 25.3 Å². The summed E-state index contributed by atoms with van der Waals surface area (Å²) in [6.45, 7) is -0.912. The van der Waals surface area contributed by atoms with E-state index in [-0.39, 0.29) is 57.2 Å². The molecule has 0 aliphatic carbocycles. The van der Waals surface area contributed by atoms with Crippen molar-refractivity contribution in [3.05, 3.63) is 49.1 Å². The van der Waals surface area contributed by atoms with Crippen molar-refractivity contribution < 1.29 is 34.4 Å². The minimum Gasteiger partial charge on any atom is -0.508 e. The first-order valence-electron chi connectivity index (χ1n) is 11.1. The van der Waals surface area contributed by atoms with Gasteiger partial charge in [-0.15, -0.1) is 0 Å². The van der Waals surface area contributed by atoms with Crippen molar-refractivity contribution >= 4 is 62.8 Å². The lowest BCUT2D eigenvalue weighted by Gasteiger charge is -2.23. The monoisotopic (exact) mass is 725 g/mol. The van der Waals surface area contributed by atoms with Crippen LogP contribution in [0.4, 0.5) is 0 Å². The molecule has 2 rings (SSSR count). The van der Waals surface area contributed by atoms with Gasteiger partial charge in [0.15, 0.2) is 11.5 Å². The number of benzene rings is 2. The van der Waals surface area contributed by atoms with E-state index in [1.807, 2.05) is 12.1 Å². The largest absolute Gasteiger partial charge is 0.508 e. The molecule has 6 N–H and O–H groups in total. The molecule has 0 aromatic heterocycles. The molecule has 2 aromatic carbocycles. The minimum absolute atomic E-state index is 0.0223. The maximum Gasteiger partial charge on any atom is 0.237 e. The molecular formula is C24H29I2N3O7. The highest BCUT2D eigenvalue weighted by Crippen LogP contribution is 2.33.